The maximum absolute atomic E-state index is 9.81. The van der Waals surface area contributed by atoms with Crippen LogP contribution in [0.15, 0.2) is 0 Å². The van der Waals surface area contributed by atoms with Crippen LogP contribution in [0.25, 0.3) is 0 Å². The van der Waals surface area contributed by atoms with E-state index >= 15 is 0 Å². The minimum Gasteiger partial charge on any atom is -0.786 e. The van der Waals surface area contributed by atoms with E-state index in [1.165, 1.54) is 0 Å². The molecule has 0 aromatic rings. The molecule has 1 unspecified atom stereocenters. The summed E-state index contributed by atoms with van der Waals surface area (Å²) in [6.45, 7) is 0.984. The Labute approximate surface area is 46.8 Å². The number of hydrogen-bond donors (Lipinski definition) is 0. The molecule has 0 saturated heterocycles. The van der Waals surface area contributed by atoms with Crippen LogP contribution in [0.2, 0.25) is 0 Å². The first-order valence-electron chi connectivity index (χ1n) is 1.54. The first-order chi connectivity index (χ1) is 3.42. The van der Waals surface area contributed by atoms with E-state index in [-0.39, 0.29) is 0 Å². The third-order valence-corrected chi connectivity index (χ3v) is 1.93. The smallest absolute Gasteiger partial charge is 0.508 e. The van der Waals surface area contributed by atoms with Gasteiger partial charge in [-0.15, -0.1) is 4.31 Å². The van der Waals surface area contributed by atoms with Crippen molar-refractivity contribution in [1.82, 2.24) is 0 Å². The van der Waals surface area contributed by atoms with E-state index in [0.717, 1.165) is 6.66 Å². The van der Waals surface area contributed by atoms with Crippen LogP contribution < -0.4 is 9.79 Å². The van der Waals surface area contributed by atoms with Gasteiger partial charge in [0.15, 0.2) is 6.66 Å². The second-order valence-electron chi connectivity index (χ2n) is 0.969. The summed E-state index contributed by atoms with van der Waals surface area (Å²) in [5.41, 5.74) is 0. The lowest BCUT2D eigenvalue weighted by atomic mass is 12.0. The van der Waals surface area contributed by atoms with Crippen molar-refractivity contribution in [3.8, 4) is 0 Å². The quantitative estimate of drug-likeness (QED) is 0.489. The summed E-state index contributed by atoms with van der Waals surface area (Å²) in [4.78, 5) is 19.0. The first-order valence-corrected chi connectivity index (χ1v) is 4.63. The molecule has 0 aliphatic carbocycles. The Morgan fingerprint density at radius 2 is 2.00 bits per heavy atom. The summed E-state index contributed by atoms with van der Waals surface area (Å²) in [7, 11) is -7.33. The minimum absolute atomic E-state index is 0.984. The predicted molar refractivity (Wildman–Crippen MR) is 22.2 cm³/mol. The van der Waals surface area contributed by atoms with Gasteiger partial charge in [0.05, 0.1) is 0 Å². The van der Waals surface area contributed by atoms with Gasteiger partial charge in [-0.25, -0.2) is 0 Å². The topological polar surface area (TPSA) is 89.5 Å². The Balaban J connectivity index is 3.74. The Kier molecular flexibility index (Phi) is 2.74. The van der Waals surface area contributed by atoms with E-state index in [1.807, 2.05) is 0 Å². The van der Waals surface area contributed by atoms with Crippen LogP contribution >= 0.6 is 15.9 Å². The van der Waals surface area contributed by atoms with Crippen molar-refractivity contribution >= 4 is 15.9 Å². The summed E-state index contributed by atoms with van der Waals surface area (Å²) in [5.74, 6) is 0. The van der Waals surface area contributed by atoms with Crippen LogP contribution in [0.4, 0.5) is 0 Å². The predicted octanol–water partition coefficient (Wildman–Crippen LogP) is -0.796. The van der Waals surface area contributed by atoms with Gasteiger partial charge in [0, 0.05) is 0 Å². The van der Waals surface area contributed by atoms with Crippen LogP contribution in [-0.4, -0.2) is 6.66 Å². The van der Waals surface area contributed by atoms with Gasteiger partial charge in [-0.3, -0.25) is 0 Å². The van der Waals surface area contributed by atoms with Gasteiger partial charge in [0.1, 0.15) is 7.82 Å². The van der Waals surface area contributed by atoms with Crippen LogP contribution in [0.3, 0.4) is 0 Å². The Morgan fingerprint density at radius 3 is 2.00 bits per heavy atom. The van der Waals surface area contributed by atoms with Crippen molar-refractivity contribution in [2.75, 3.05) is 6.66 Å². The van der Waals surface area contributed by atoms with Gasteiger partial charge < -0.3 is 14.4 Å². The number of hydrogen-bond acceptors (Lipinski definition) is 5. The van der Waals surface area contributed by atoms with Gasteiger partial charge in [-0.2, -0.15) is 0 Å². The Morgan fingerprint density at radius 1 is 1.62 bits per heavy atom. The Hall–Kier alpha value is 0.210. The highest BCUT2D eigenvalue weighted by molar-refractivity contribution is 7.54. The standard InChI is InChI=1S/CH4O5P2/c1-7(2)6-8(3,4)5/h1H3,(H-,3,4,5)/p-1. The largest absolute Gasteiger partial charge is 0.786 e. The molecule has 0 aromatic heterocycles. The van der Waals surface area contributed by atoms with Crippen LogP contribution in [0.5, 0.6) is 0 Å². The van der Waals surface area contributed by atoms with Crippen molar-refractivity contribution in [3.05, 3.63) is 0 Å². The molecule has 0 radical (unpaired) electrons. The molecule has 48 valence electrons. The van der Waals surface area contributed by atoms with E-state index in [2.05, 4.69) is 4.31 Å². The van der Waals surface area contributed by atoms with Crippen molar-refractivity contribution < 1.29 is 23.2 Å². The van der Waals surface area contributed by atoms with E-state index in [0.29, 0.717) is 0 Å². The summed E-state index contributed by atoms with van der Waals surface area (Å²) in [6.07, 6.45) is 0. The molecule has 0 heterocycles. The summed E-state index contributed by atoms with van der Waals surface area (Å²) in [5, 5.41) is 0. The molecule has 0 N–H and O–H groups in total. The van der Waals surface area contributed by atoms with Gasteiger partial charge >= 0.3 is 8.03 Å². The summed E-state index contributed by atoms with van der Waals surface area (Å²) < 4.78 is 22.7. The number of rotatable bonds is 2. The fourth-order valence-corrected chi connectivity index (χ4v) is 1.27. The highest BCUT2D eigenvalue weighted by Crippen LogP contribution is 2.37. The number of phosphoric acid groups is 1. The monoisotopic (exact) mass is 157 g/mol. The molecular weight excluding hydrogens is 154 g/mol. The molecule has 0 bridgehead atoms. The van der Waals surface area contributed by atoms with E-state index in [1.54, 1.807) is 0 Å². The molecule has 0 aromatic carbocycles. The molecule has 0 fully saturated rings. The van der Waals surface area contributed by atoms with E-state index in [4.69, 9.17) is 0 Å². The highest BCUT2D eigenvalue weighted by Gasteiger charge is 2.08. The highest BCUT2D eigenvalue weighted by atomic mass is 31.2. The molecule has 0 saturated carbocycles. The third-order valence-electron chi connectivity index (χ3n) is 0.215. The molecule has 1 atom stereocenters. The second-order valence-corrected chi connectivity index (χ2v) is 3.40. The lowest BCUT2D eigenvalue weighted by molar-refractivity contribution is -0.333. The average molecular weight is 157 g/mol. The fraction of sp³-hybridized carbons (Fsp3) is 1.00. The molecule has 5 nitrogen and oxygen atoms in total. The fourth-order valence-electron chi connectivity index (χ4n) is 0.141. The molecule has 7 heteroatoms. The van der Waals surface area contributed by atoms with Crippen LogP contribution in [0.1, 0.15) is 0 Å². The van der Waals surface area contributed by atoms with Crippen LogP contribution in [-0.2, 0) is 13.4 Å². The lowest BCUT2D eigenvalue weighted by Gasteiger charge is -2.19. The zero-order chi connectivity index (χ0) is 6.78. The van der Waals surface area contributed by atoms with Crippen LogP contribution in [0, 0.1) is 0 Å². The SMILES string of the molecule is C[P+](=O)OP(=O)([O-])[O-]. The van der Waals surface area contributed by atoms with Crippen molar-refractivity contribution in [3.63, 3.8) is 0 Å². The Bertz CT molecular complexity index is 133. The molecule has 0 aliphatic rings. The normalized spacial score (nSPS) is 13.6. The van der Waals surface area contributed by atoms with Crippen molar-refractivity contribution in [2.45, 2.75) is 0 Å². The average Bonchev–Trinajstić information content (AvgIpc) is 1.21. The van der Waals surface area contributed by atoms with E-state index < -0.39 is 15.9 Å². The summed E-state index contributed by atoms with van der Waals surface area (Å²) in [6, 6.07) is 0. The molecule has 0 rings (SSSR count). The maximum Gasteiger partial charge on any atom is 0.508 e. The lowest BCUT2D eigenvalue weighted by Crippen LogP contribution is -2.13. The molecule has 0 spiro atoms. The first kappa shape index (κ1) is 8.21. The molecule has 0 aliphatic heterocycles. The minimum atomic E-state index is -5.01. The van der Waals surface area contributed by atoms with Gasteiger partial charge in [-0.05, 0) is 4.57 Å². The zero-order valence-corrected chi connectivity index (χ0v) is 5.72. The second kappa shape index (κ2) is 2.67. The summed E-state index contributed by atoms with van der Waals surface area (Å²) >= 11 is 0. The van der Waals surface area contributed by atoms with Crippen molar-refractivity contribution in [1.29, 1.82) is 0 Å². The molecule has 0 amide bonds. The van der Waals surface area contributed by atoms with Crippen molar-refractivity contribution in [2.24, 2.45) is 0 Å². The van der Waals surface area contributed by atoms with E-state index in [9.17, 15) is 18.9 Å². The molecular formula is CH3O5P2-. The third kappa shape index (κ3) is 6.21. The van der Waals surface area contributed by atoms with Gasteiger partial charge in [-0.1, -0.05) is 0 Å². The van der Waals surface area contributed by atoms with Gasteiger partial charge in [0.2, 0.25) is 0 Å². The van der Waals surface area contributed by atoms with Gasteiger partial charge in [0.25, 0.3) is 0 Å². The zero-order valence-electron chi connectivity index (χ0n) is 3.94. The maximum atomic E-state index is 9.81. The molecule has 8 heavy (non-hydrogen) atoms.